The Morgan fingerprint density at radius 1 is 1.11 bits per heavy atom. The topological polar surface area (TPSA) is 63.9 Å². The number of benzene rings is 1. The molecule has 1 amide bonds. The number of carbonyl (C=O) groups excluding carboxylic acids is 1. The summed E-state index contributed by atoms with van der Waals surface area (Å²) in [6.45, 7) is 0.900. The number of fused-ring (bicyclic) bond motifs is 1. The van der Waals surface area contributed by atoms with E-state index in [9.17, 15) is 18.0 Å². The molecule has 3 heterocycles. The molecule has 0 spiro atoms. The standard InChI is InChI=1S/C18H13ClF3N5O/c19-16-11(2-1-3-12(16)18(20,21)22)17(28)26-6-7-27-14(9-25-15(27)10-26)13-8-23-4-5-24-13/h1-5,8-9H,6-7,10H2. The number of rotatable bonds is 2. The van der Waals surface area contributed by atoms with Gasteiger partial charge in [-0.3, -0.25) is 14.8 Å². The minimum Gasteiger partial charge on any atom is -0.329 e. The third-order valence-electron chi connectivity index (χ3n) is 4.51. The summed E-state index contributed by atoms with van der Waals surface area (Å²) >= 11 is 5.89. The van der Waals surface area contributed by atoms with E-state index >= 15 is 0 Å². The van der Waals surface area contributed by atoms with Crippen LogP contribution in [0.15, 0.2) is 43.0 Å². The Labute approximate surface area is 162 Å². The number of carbonyl (C=O) groups is 1. The lowest BCUT2D eigenvalue weighted by molar-refractivity contribution is -0.137. The van der Waals surface area contributed by atoms with Crippen LogP contribution in [0.3, 0.4) is 0 Å². The van der Waals surface area contributed by atoms with Crippen molar-refractivity contribution in [1.29, 1.82) is 0 Å². The molecule has 6 nitrogen and oxygen atoms in total. The Hall–Kier alpha value is -2.94. The number of halogens is 4. The SMILES string of the molecule is O=C(c1cccc(C(F)(F)F)c1Cl)N1CCn2c(-c3cnccn3)cnc2C1. The van der Waals surface area contributed by atoms with Gasteiger partial charge in [-0.15, -0.1) is 0 Å². The van der Waals surface area contributed by atoms with Crippen LogP contribution in [0.2, 0.25) is 5.02 Å². The van der Waals surface area contributed by atoms with Gasteiger partial charge in [0.05, 0.1) is 40.8 Å². The number of aromatic nitrogens is 4. The highest BCUT2D eigenvalue weighted by Crippen LogP contribution is 2.36. The number of imidazole rings is 1. The lowest BCUT2D eigenvalue weighted by Gasteiger charge is -2.29. The highest BCUT2D eigenvalue weighted by atomic mass is 35.5. The minimum atomic E-state index is -4.63. The van der Waals surface area contributed by atoms with Gasteiger partial charge in [0.2, 0.25) is 0 Å². The summed E-state index contributed by atoms with van der Waals surface area (Å²) in [7, 11) is 0. The third kappa shape index (κ3) is 3.22. The molecule has 1 aromatic carbocycles. The van der Waals surface area contributed by atoms with Gasteiger partial charge in [0, 0.05) is 25.5 Å². The molecular weight excluding hydrogens is 395 g/mol. The van der Waals surface area contributed by atoms with Crippen LogP contribution in [-0.2, 0) is 19.3 Å². The van der Waals surface area contributed by atoms with Gasteiger partial charge in [-0.1, -0.05) is 17.7 Å². The predicted molar refractivity (Wildman–Crippen MR) is 94.4 cm³/mol. The van der Waals surface area contributed by atoms with E-state index in [2.05, 4.69) is 15.0 Å². The first-order valence-electron chi connectivity index (χ1n) is 8.32. The van der Waals surface area contributed by atoms with Crippen LogP contribution in [0.5, 0.6) is 0 Å². The zero-order valence-corrected chi connectivity index (χ0v) is 15.1. The summed E-state index contributed by atoms with van der Waals surface area (Å²) in [4.78, 5) is 26.8. The lowest BCUT2D eigenvalue weighted by Crippen LogP contribution is -2.38. The summed E-state index contributed by atoms with van der Waals surface area (Å²) in [6, 6.07) is 3.33. The number of amides is 1. The Balaban J connectivity index is 1.61. The number of hydrogen-bond donors (Lipinski definition) is 0. The van der Waals surface area contributed by atoms with Crippen LogP contribution >= 0.6 is 11.6 Å². The van der Waals surface area contributed by atoms with Gasteiger partial charge in [-0.2, -0.15) is 13.2 Å². The van der Waals surface area contributed by atoms with Crippen molar-refractivity contribution >= 4 is 17.5 Å². The van der Waals surface area contributed by atoms with Gasteiger partial charge in [0.1, 0.15) is 11.5 Å². The van der Waals surface area contributed by atoms with Crippen LogP contribution in [0.4, 0.5) is 13.2 Å². The molecule has 0 aliphatic carbocycles. The maximum atomic E-state index is 13.1. The van der Waals surface area contributed by atoms with Crippen LogP contribution in [0.1, 0.15) is 21.7 Å². The van der Waals surface area contributed by atoms with Crippen molar-refractivity contribution < 1.29 is 18.0 Å². The second kappa shape index (κ2) is 6.90. The van der Waals surface area contributed by atoms with Crippen LogP contribution < -0.4 is 0 Å². The molecule has 0 saturated carbocycles. The maximum Gasteiger partial charge on any atom is 0.417 e. The molecule has 0 atom stereocenters. The van der Waals surface area contributed by atoms with Gasteiger partial charge >= 0.3 is 6.18 Å². The summed E-state index contributed by atoms with van der Waals surface area (Å²) in [5, 5.41) is -0.589. The average molecular weight is 408 g/mol. The quantitative estimate of drug-likeness (QED) is 0.650. The van der Waals surface area contributed by atoms with E-state index in [1.54, 1.807) is 24.8 Å². The fourth-order valence-electron chi connectivity index (χ4n) is 3.16. The molecule has 10 heteroatoms. The Bertz CT molecular complexity index is 1040. The summed E-state index contributed by atoms with van der Waals surface area (Å²) in [5.74, 6) is 0.0507. The van der Waals surface area contributed by atoms with E-state index in [1.807, 2.05) is 4.57 Å². The first kappa shape index (κ1) is 18.4. The number of hydrogen-bond acceptors (Lipinski definition) is 4. The molecule has 1 aliphatic heterocycles. The van der Waals surface area contributed by atoms with Crippen molar-refractivity contribution in [3.63, 3.8) is 0 Å². The van der Waals surface area contributed by atoms with E-state index < -0.39 is 22.7 Å². The smallest absolute Gasteiger partial charge is 0.329 e. The number of nitrogens with zero attached hydrogens (tertiary/aromatic N) is 5. The molecule has 0 unspecified atom stereocenters. The number of alkyl halides is 3. The molecule has 0 radical (unpaired) electrons. The average Bonchev–Trinajstić information content (AvgIpc) is 3.10. The van der Waals surface area contributed by atoms with E-state index in [-0.39, 0.29) is 12.1 Å². The van der Waals surface area contributed by atoms with E-state index in [1.165, 1.54) is 17.0 Å². The molecule has 0 N–H and O–H groups in total. The van der Waals surface area contributed by atoms with Crippen molar-refractivity contribution in [2.75, 3.05) is 6.54 Å². The highest BCUT2D eigenvalue weighted by molar-refractivity contribution is 6.34. The monoisotopic (exact) mass is 407 g/mol. The van der Waals surface area contributed by atoms with Crippen molar-refractivity contribution in [2.24, 2.45) is 0 Å². The second-order valence-electron chi connectivity index (χ2n) is 6.19. The molecule has 0 bridgehead atoms. The molecule has 0 fully saturated rings. The van der Waals surface area contributed by atoms with Crippen LogP contribution in [0.25, 0.3) is 11.4 Å². The largest absolute Gasteiger partial charge is 0.417 e. The molecule has 0 saturated heterocycles. The molecule has 2 aromatic heterocycles. The molecule has 3 aromatic rings. The fraction of sp³-hybridized carbons (Fsp3) is 0.222. The van der Waals surface area contributed by atoms with Gasteiger partial charge in [-0.05, 0) is 12.1 Å². The van der Waals surface area contributed by atoms with Gasteiger partial charge in [-0.25, -0.2) is 4.98 Å². The maximum absolute atomic E-state index is 13.1. The normalized spacial score (nSPS) is 14.1. The van der Waals surface area contributed by atoms with Gasteiger partial charge in [0.15, 0.2) is 0 Å². The van der Waals surface area contributed by atoms with E-state index in [0.717, 1.165) is 11.8 Å². The fourth-order valence-corrected chi connectivity index (χ4v) is 3.47. The van der Waals surface area contributed by atoms with E-state index in [0.29, 0.717) is 24.6 Å². The Kier molecular flexibility index (Phi) is 4.54. The zero-order valence-electron chi connectivity index (χ0n) is 14.3. The summed E-state index contributed by atoms with van der Waals surface area (Å²) < 4.78 is 41.1. The van der Waals surface area contributed by atoms with Crippen molar-refractivity contribution in [1.82, 2.24) is 24.4 Å². The molecule has 144 valence electrons. The Morgan fingerprint density at radius 3 is 2.64 bits per heavy atom. The highest BCUT2D eigenvalue weighted by Gasteiger charge is 2.35. The first-order valence-corrected chi connectivity index (χ1v) is 8.70. The molecular formula is C18H13ClF3N5O. The van der Waals surface area contributed by atoms with E-state index in [4.69, 9.17) is 11.6 Å². The zero-order chi connectivity index (χ0) is 19.9. The van der Waals surface area contributed by atoms with Crippen molar-refractivity contribution in [2.45, 2.75) is 19.3 Å². The molecule has 28 heavy (non-hydrogen) atoms. The van der Waals surface area contributed by atoms with Crippen molar-refractivity contribution in [3.05, 3.63) is 65.0 Å². The van der Waals surface area contributed by atoms with Gasteiger partial charge in [0.25, 0.3) is 5.91 Å². The summed E-state index contributed by atoms with van der Waals surface area (Å²) in [6.07, 6.45) is 1.77. The van der Waals surface area contributed by atoms with Crippen LogP contribution in [-0.4, -0.2) is 36.9 Å². The molecule has 1 aliphatic rings. The summed E-state index contributed by atoms with van der Waals surface area (Å²) in [5.41, 5.74) is 0.225. The second-order valence-corrected chi connectivity index (χ2v) is 6.57. The lowest BCUT2D eigenvalue weighted by atomic mass is 10.1. The van der Waals surface area contributed by atoms with Gasteiger partial charge < -0.3 is 9.47 Å². The molecule has 4 rings (SSSR count). The predicted octanol–water partition coefficient (Wildman–Crippen LogP) is 3.67. The first-order chi connectivity index (χ1) is 13.4. The third-order valence-corrected chi connectivity index (χ3v) is 4.92. The Morgan fingerprint density at radius 2 is 1.93 bits per heavy atom. The minimum absolute atomic E-state index is 0.158. The van der Waals surface area contributed by atoms with Crippen molar-refractivity contribution in [3.8, 4) is 11.4 Å². The van der Waals surface area contributed by atoms with Crippen LogP contribution in [0, 0.1) is 0 Å².